The summed E-state index contributed by atoms with van der Waals surface area (Å²) in [6.07, 6.45) is -0.136. The Kier molecular flexibility index (Phi) is 20.2. The molecule has 0 radical (unpaired) electrons. The van der Waals surface area contributed by atoms with Crippen molar-refractivity contribution in [3.05, 3.63) is 72.0 Å². The molecule has 1 saturated heterocycles. The number of nitro benzene ring substituents is 1. The van der Waals surface area contributed by atoms with E-state index in [-0.39, 0.29) is 42.2 Å². The maximum absolute atomic E-state index is 15.2. The van der Waals surface area contributed by atoms with Crippen LogP contribution in [0, 0.1) is 34.3 Å². The van der Waals surface area contributed by atoms with Crippen molar-refractivity contribution < 1.29 is 37.6 Å². The summed E-state index contributed by atoms with van der Waals surface area (Å²) in [5.74, 6) is -1.99. The number of aryl methyl sites for hydroxylation is 1. The van der Waals surface area contributed by atoms with Crippen molar-refractivity contribution in [2.75, 3.05) is 0 Å². The lowest BCUT2D eigenvalue weighted by Crippen LogP contribution is -2.53. The molecule has 0 amide bonds. The second-order valence-electron chi connectivity index (χ2n) is 17.6. The highest BCUT2D eigenvalue weighted by Crippen LogP contribution is 2.40. The number of nitro groups is 1. The maximum atomic E-state index is 15.2. The Labute approximate surface area is 375 Å². The molecule has 0 aliphatic carbocycles. The number of carbonyl (C=O) groups excluding carboxylic acids is 3. The number of hydrogen-bond acceptors (Lipinski definition) is 12. The van der Waals surface area contributed by atoms with E-state index >= 15 is 4.79 Å². The highest BCUT2D eigenvalue weighted by Gasteiger charge is 2.48. The van der Waals surface area contributed by atoms with Crippen LogP contribution >= 0.6 is 11.3 Å². The summed E-state index contributed by atoms with van der Waals surface area (Å²) >= 11 is 1.48. The Hall–Kier alpha value is -3.74. The van der Waals surface area contributed by atoms with Crippen molar-refractivity contribution in [3.63, 3.8) is 0 Å². The van der Waals surface area contributed by atoms with Crippen molar-refractivity contribution >= 4 is 57.5 Å². The predicted octanol–water partition coefficient (Wildman–Crippen LogP) is 12.2. The van der Waals surface area contributed by atoms with Crippen LogP contribution in [-0.2, 0) is 27.9 Å². The topological polar surface area (TPSA) is 193 Å². The molecule has 14 nitrogen and oxygen atoms in total. The summed E-state index contributed by atoms with van der Waals surface area (Å²) in [5.41, 5.74) is 10.1. The van der Waals surface area contributed by atoms with Gasteiger partial charge >= 0.3 is 11.9 Å². The first-order valence-corrected chi connectivity index (χ1v) is 28.4. The molecule has 2 heterocycles. The summed E-state index contributed by atoms with van der Waals surface area (Å²) < 4.78 is 26.9. The highest BCUT2D eigenvalue weighted by atomic mass is 32.1. The molecule has 7 atom stereocenters. The average molecular weight is 914 g/mol. The third-order valence-electron chi connectivity index (χ3n) is 13.5. The summed E-state index contributed by atoms with van der Waals surface area (Å²) in [6, 6.07) is 9.27. The molecule has 1 fully saturated rings. The number of hydrogen-bond donors (Lipinski definition) is 0. The molecule has 344 valence electrons. The average Bonchev–Trinajstić information content (AvgIpc) is 3.67. The number of carbonyl (C=O) groups is 3. The van der Waals surface area contributed by atoms with Gasteiger partial charge < -0.3 is 18.3 Å². The minimum absolute atomic E-state index is 0.0264. The van der Waals surface area contributed by atoms with Crippen LogP contribution in [0.4, 0.5) is 5.69 Å². The van der Waals surface area contributed by atoms with E-state index in [9.17, 15) is 25.2 Å². The van der Waals surface area contributed by atoms with Gasteiger partial charge in [-0.1, -0.05) is 74.4 Å². The number of rotatable bonds is 16. The van der Waals surface area contributed by atoms with E-state index in [1.165, 1.54) is 35.6 Å². The van der Waals surface area contributed by atoms with Gasteiger partial charge in [0.2, 0.25) is 0 Å². The fraction of sp³-hybridized carbons (Fsp3) is 0.689. The fourth-order valence-electron chi connectivity index (χ4n) is 8.72. The minimum Gasteiger partial charge on any atom is -0.458 e. The Morgan fingerprint density at radius 3 is 2.11 bits per heavy atom. The second kappa shape index (κ2) is 23.8. The maximum Gasteiger partial charge on any atom is 0.338 e. The van der Waals surface area contributed by atoms with E-state index in [0.29, 0.717) is 24.1 Å². The molecule has 17 heteroatoms. The van der Waals surface area contributed by atoms with Crippen molar-refractivity contribution in [1.29, 1.82) is 0 Å². The Morgan fingerprint density at radius 1 is 1.02 bits per heavy atom. The molecule has 1 aromatic carbocycles. The van der Waals surface area contributed by atoms with Crippen LogP contribution in [0.15, 0.2) is 40.3 Å². The Morgan fingerprint density at radius 2 is 1.60 bits per heavy atom. The zero-order chi connectivity index (χ0) is 46.4. The third-order valence-corrected chi connectivity index (χ3v) is 23.6. The minimum atomic E-state index is -2.39. The van der Waals surface area contributed by atoms with Crippen LogP contribution in [0.1, 0.15) is 129 Å². The SMILES string of the molecule is CC[Si](CC)(CC)O[C@H]1[C@@H](C)CCC[C@H](OC(=O)c2ccc([N+](=O)[O-])cc2)[C@@H](N=[N+]=[N-])C[C@@H](/C(C)=C/c2csc(C)n2)OC(=O)C[C@H](O[Si](CC)(CC)CC)C(C)(C)C(=O)[C@@H]1C. The molecule has 62 heavy (non-hydrogen) atoms. The third kappa shape index (κ3) is 13.6. The lowest BCUT2D eigenvalue weighted by molar-refractivity contribution is -0.384. The van der Waals surface area contributed by atoms with Gasteiger partial charge in [-0.3, -0.25) is 19.7 Å². The number of aromatic nitrogens is 1. The van der Waals surface area contributed by atoms with Gasteiger partial charge in [0.05, 0.1) is 45.9 Å². The van der Waals surface area contributed by atoms with E-state index < -0.39 is 75.3 Å². The van der Waals surface area contributed by atoms with E-state index in [2.05, 4.69) is 63.5 Å². The molecule has 1 aliphatic rings. The van der Waals surface area contributed by atoms with Crippen LogP contribution in [0.2, 0.25) is 36.3 Å². The van der Waals surface area contributed by atoms with Crippen molar-refractivity contribution in [2.24, 2.45) is 22.4 Å². The van der Waals surface area contributed by atoms with E-state index in [0.717, 1.165) is 41.3 Å². The molecule has 0 N–H and O–H groups in total. The predicted molar refractivity (Wildman–Crippen MR) is 250 cm³/mol. The first-order valence-electron chi connectivity index (χ1n) is 22.5. The van der Waals surface area contributed by atoms with Crippen LogP contribution in [0.5, 0.6) is 0 Å². The number of benzene rings is 1. The number of non-ortho nitro benzene ring substituents is 1. The zero-order valence-corrected chi connectivity index (χ0v) is 41.9. The first kappa shape index (κ1) is 52.6. The second-order valence-corrected chi connectivity index (χ2v) is 28.1. The number of ketones is 1. The summed E-state index contributed by atoms with van der Waals surface area (Å²) in [4.78, 5) is 62.0. The number of cyclic esters (lactones) is 1. The molecule has 0 saturated carbocycles. The van der Waals surface area contributed by atoms with E-state index in [1.54, 1.807) is 0 Å². The molecule has 1 aliphatic heterocycles. The number of ether oxygens (including phenoxy) is 2. The van der Waals surface area contributed by atoms with E-state index in [1.807, 2.05) is 46.1 Å². The lowest BCUT2D eigenvalue weighted by atomic mass is 9.73. The van der Waals surface area contributed by atoms with Crippen LogP contribution in [-0.4, -0.2) is 74.7 Å². The number of Topliss-reactive ketones (excluding diaryl/α,β-unsaturated/α-hetero) is 1. The molecule has 3 rings (SSSR count). The largest absolute Gasteiger partial charge is 0.458 e. The van der Waals surface area contributed by atoms with Gasteiger partial charge in [-0.05, 0) is 105 Å². The van der Waals surface area contributed by atoms with Gasteiger partial charge in [0.25, 0.3) is 5.69 Å². The number of azide groups is 1. The highest BCUT2D eigenvalue weighted by molar-refractivity contribution is 7.09. The number of esters is 2. The van der Waals surface area contributed by atoms with Gasteiger partial charge in [-0.15, -0.1) is 11.3 Å². The van der Waals surface area contributed by atoms with Gasteiger partial charge in [0, 0.05) is 40.2 Å². The fourth-order valence-corrected chi connectivity index (χ4v) is 15.3. The lowest BCUT2D eigenvalue weighted by Gasteiger charge is -2.44. The quantitative estimate of drug-likeness (QED) is 0.0297. The zero-order valence-electron chi connectivity index (χ0n) is 39.1. The molecule has 0 spiro atoms. The standard InChI is InChI=1S/C45H71N5O9SSi2/c1-13-61(14-2,15-3)58-40-28-41(51)56-39(31(8)26-35-29-60-33(10)47-35)27-37(48-49-46)38(57-44(53)34-22-24-36(25-23-34)50(54)55)21-19-20-30(7)42(32(9)43(52)45(40,11)12)59-62(16-4,17-5)18-6/h22-26,29-30,32,37-40,42H,13-21,27-28H2,1-12H3/b31-26+/t30-,32+,37-,38-,39-,40-,42-/m0/s1. The first-order chi connectivity index (χ1) is 29.3. The molecule has 1 aromatic heterocycles. The summed E-state index contributed by atoms with van der Waals surface area (Å²) in [5, 5.41) is 18.3. The monoisotopic (exact) mass is 913 g/mol. The normalized spacial score (nSPS) is 24.8. The smallest absolute Gasteiger partial charge is 0.338 e. The Bertz CT molecular complexity index is 1880. The number of nitrogens with zero attached hydrogens (tertiary/aromatic N) is 5. The van der Waals surface area contributed by atoms with Gasteiger partial charge in [0.15, 0.2) is 16.6 Å². The Balaban J connectivity index is 2.26. The molecular formula is C45H71N5O9SSi2. The van der Waals surface area contributed by atoms with Gasteiger partial charge in [-0.2, -0.15) is 0 Å². The van der Waals surface area contributed by atoms with E-state index in [4.69, 9.17) is 18.3 Å². The van der Waals surface area contributed by atoms with Gasteiger partial charge in [-0.25, -0.2) is 9.78 Å². The van der Waals surface area contributed by atoms with Crippen LogP contribution < -0.4 is 0 Å². The molecule has 2 aromatic rings. The van der Waals surface area contributed by atoms with Crippen molar-refractivity contribution in [2.45, 2.75) is 182 Å². The van der Waals surface area contributed by atoms with Crippen LogP contribution in [0.3, 0.4) is 0 Å². The van der Waals surface area contributed by atoms with Gasteiger partial charge in [0.1, 0.15) is 18.0 Å². The molecule has 0 bridgehead atoms. The summed E-state index contributed by atoms with van der Waals surface area (Å²) in [6.45, 7) is 24.4. The van der Waals surface area contributed by atoms with Crippen molar-refractivity contribution in [3.8, 4) is 0 Å². The molecular weight excluding hydrogens is 843 g/mol. The number of thiazole rings is 1. The van der Waals surface area contributed by atoms with Crippen molar-refractivity contribution in [1.82, 2.24) is 4.98 Å². The molecule has 0 unspecified atom stereocenters. The summed E-state index contributed by atoms with van der Waals surface area (Å²) in [7, 11) is -4.64. The van der Waals surface area contributed by atoms with Crippen LogP contribution in [0.25, 0.3) is 16.5 Å².